The molecule has 0 fully saturated rings. The topological polar surface area (TPSA) is 86.6 Å². The third-order valence-electron chi connectivity index (χ3n) is 4.12. The smallest absolute Gasteiger partial charge is 0.320 e. The van der Waals surface area contributed by atoms with E-state index < -0.39 is 18.0 Å². The fourth-order valence-electron chi connectivity index (χ4n) is 2.65. The largest absolute Gasteiger partial charge is 0.481 e. The van der Waals surface area contributed by atoms with Crippen molar-refractivity contribution in [2.45, 2.75) is 96.4 Å². The van der Waals surface area contributed by atoms with Crippen LogP contribution in [0, 0.1) is 0 Å². The van der Waals surface area contributed by atoms with Crippen molar-refractivity contribution in [3.8, 4) is 0 Å². The third kappa shape index (κ3) is 15.6. The molecule has 0 aromatic heterocycles. The van der Waals surface area contributed by atoms with E-state index in [2.05, 4.69) is 12.2 Å². The second-order valence-electron chi connectivity index (χ2n) is 6.31. The van der Waals surface area contributed by atoms with E-state index in [4.69, 9.17) is 10.2 Å². The molecule has 1 unspecified atom stereocenters. The first-order chi connectivity index (χ1) is 11.1. The van der Waals surface area contributed by atoms with Gasteiger partial charge in [0, 0.05) is 6.42 Å². The number of unbranched alkanes of at least 4 members (excludes halogenated alkanes) is 10. The molecule has 0 spiro atoms. The van der Waals surface area contributed by atoms with Gasteiger partial charge >= 0.3 is 11.9 Å². The second kappa shape index (κ2) is 15.8. The summed E-state index contributed by atoms with van der Waals surface area (Å²) in [6.45, 7) is 2.88. The first-order valence-electron chi connectivity index (χ1n) is 9.26. The molecule has 136 valence electrons. The molecule has 0 aliphatic heterocycles. The average Bonchev–Trinajstić information content (AvgIpc) is 2.50. The number of rotatable bonds is 17. The zero-order valence-corrected chi connectivity index (χ0v) is 14.7. The molecule has 0 aliphatic carbocycles. The van der Waals surface area contributed by atoms with Gasteiger partial charge in [-0.05, 0) is 19.4 Å². The van der Waals surface area contributed by atoms with E-state index in [0.717, 1.165) is 12.8 Å². The van der Waals surface area contributed by atoms with E-state index in [1.165, 1.54) is 57.8 Å². The highest BCUT2D eigenvalue weighted by Gasteiger charge is 2.17. The van der Waals surface area contributed by atoms with Crippen molar-refractivity contribution in [3.63, 3.8) is 0 Å². The Morgan fingerprint density at radius 3 is 1.74 bits per heavy atom. The predicted molar refractivity (Wildman–Crippen MR) is 92.8 cm³/mol. The summed E-state index contributed by atoms with van der Waals surface area (Å²) in [6.07, 6.45) is 13.9. The Labute approximate surface area is 140 Å². The number of carboxylic acids is 2. The first kappa shape index (κ1) is 21.9. The maximum Gasteiger partial charge on any atom is 0.320 e. The lowest BCUT2D eigenvalue weighted by Crippen LogP contribution is -2.37. The maximum atomic E-state index is 11.0. The molecule has 0 saturated heterocycles. The summed E-state index contributed by atoms with van der Waals surface area (Å²) in [7, 11) is 0. The van der Waals surface area contributed by atoms with E-state index in [9.17, 15) is 9.59 Å². The maximum absolute atomic E-state index is 11.0. The molecule has 5 nitrogen and oxygen atoms in total. The Morgan fingerprint density at radius 1 is 0.826 bits per heavy atom. The fourth-order valence-corrected chi connectivity index (χ4v) is 2.65. The second-order valence-corrected chi connectivity index (χ2v) is 6.31. The lowest BCUT2D eigenvalue weighted by molar-refractivity contribution is -0.140. The zero-order valence-electron chi connectivity index (χ0n) is 14.7. The van der Waals surface area contributed by atoms with E-state index in [-0.39, 0.29) is 12.8 Å². The summed E-state index contributed by atoms with van der Waals surface area (Å²) in [5.74, 6) is -1.91. The van der Waals surface area contributed by atoms with Crippen LogP contribution in [0.4, 0.5) is 0 Å². The molecule has 0 bridgehead atoms. The van der Waals surface area contributed by atoms with Gasteiger partial charge < -0.3 is 15.5 Å². The van der Waals surface area contributed by atoms with Crippen LogP contribution in [0.2, 0.25) is 0 Å². The normalized spacial score (nSPS) is 12.2. The minimum atomic E-state index is -0.964. The Morgan fingerprint density at radius 2 is 1.30 bits per heavy atom. The molecule has 0 saturated carbocycles. The van der Waals surface area contributed by atoms with Crippen LogP contribution < -0.4 is 5.32 Å². The summed E-state index contributed by atoms with van der Waals surface area (Å²) in [4.78, 5) is 21.5. The summed E-state index contributed by atoms with van der Waals surface area (Å²) >= 11 is 0. The van der Waals surface area contributed by atoms with E-state index >= 15 is 0 Å². The highest BCUT2D eigenvalue weighted by atomic mass is 16.4. The quantitative estimate of drug-likeness (QED) is 0.348. The summed E-state index contributed by atoms with van der Waals surface area (Å²) in [5.41, 5.74) is 0. The van der Waals surface area contributed by atoms with Crippen molar-refractivity contribution in [2.24, 2.45) is 0 Å². The van der Waals surface area contributed by atoms with Gasteiger partial charge in [0.2, 0.25) is 0 Å². The van der Waals surface area contributed by atoms with Crippen LogP contribution in [0.3, 0.4) is 0 Å². The van der Waals surface area contributed by atoms with Crippen molar-refractivity contribution in [2.75, 3.05) is 6.54 Å². The van der Waals surface area contributed by atoms with Crippen LogP contribution in [-0.2, 0) is 9.59 Å². The summed E-state index contributed by atoms with van der Waals surface area (Å²) in [5, 5.41) is 20.5. The number of carbonyl (C=O) groups is 2. The average molecular weight is 329 g/mol. The molecule has 1 atom stereocenters. The van der Waals surface area contributed by atoms with E-state index in [0.29, 0.717) is 6.54 Å². The van der Waals surface area contributed by atoms with Gasteiger partial charge in [-0.1, -0.05) is 71.1 Å². The SMILES string of the molecule is CCCCCCCCCCCCCNC(CCC(=O)O)C(=O)O. The van der Waals surface area contributed by atoms with Crippen molar-refractivity contribution in [1.82, 2.24) is 5.32 Å². The molecule has 0 heterocycles. The zero-order chi connectivity index (χ0) is 17.3. The monoisotopic (exact) mass is 329 g/mol. The van der Waals surface area contributed by atoms with Crippen LogP contribution in [0.5, 0.6) is 0 Å². The fraction of sp³-hybridized carbons (Fsp3) is 0.889. The molecule has 0 radical (unpaired) electrons. The molecule has 23 heavy (non-hydrogen) atoms. The van der Waals surface area contributed by atoms with Crippen molar-refractivity contribution in [3.05, 3.63) is 0 Å². The van der Waals surface area contributed by atoms with Crippen molar-refractivity contribution >= 4 is 11.9 Å². The molecule has 0 aromatic carbocycles. The number of aliphatic carboxylic acids is 2. The van der Waals surface area contributed by atoms with Crippen LogP contribution in [-0.4, -0.2) is 34.7 Å². The van der Waals surface area contributed by atoms with Gasteiger partial charge in [-0.3, -0.25) is 9.59 Å². The summed E-state index contributed by atoms with van der Waals surface area (Å²) in [6, 6.07) is -0.741. The van der Waals surface area contributed by atoms with Crippen LogP contribution in [0.15, 0.2) is 0 Å². The first-order valence-corrected chi connectivity index (χ1v) is 9.26. The van der Waals surface area contributed by atoms with Gasteiger partial charge in [-0.2, -0.15) is 0 Å². The Kier molecular flexibility index (Phi) is 15.0. The summed E-state index contributed by atoms with van der Waals surface area (Å²) < 4.78 is 0. The number of hydrogen-bond donors (Lipinski definition) is 3. The van der Waals surface area contributed by atoms with Crippen molar-refractivity contribution < 1.29 is 19.8 Å². The molecule has 0 amide bonds. The van der Waals surface area contributed by atoms with Crippen LogP contribution >= 0.6 is 0 Å². The Bertz CT molecular complexity index is 307. The van der Waals surface area contributed by atoms with Gasteiger partial charge in [-0.15, -0.1) is 0 Å². The van der Waals surface area contributed by atoms with Gasteiger partial charge in [0.05, 0.1) is 0 Å². The molecule has 0 aromatic rings. The van der Waals surface area contributed by atoms with Gasteiger partial charge in [0.15, 0.2) is 0 Å². The van der Waals surface area contributed by atoms with Gasteiger partial charge in [0.25, 0.3) is 0 Å². The molecular formula is C18H35NO4. The van der Waals surface area contributed by atoms with E-state index in [1.54, 1.807) is 0 Å². The Balaban J connectivity index is 3.39. The predicted octanol–water partition coefficient (Wildman–Crippen LogP) is 4.21. The molecule has 0 aliphatic rings. The minimum absolute atomic E-state index is 0.109. The molecular weight excluding hydrogens is 294 g/mol. The standard InChI is InChI=1S/C18H35NO4/c1-2-3-4-5-6-7-8-9-10-11-12-15-19-16(18(22)23)13-14-17(20)21/h16,19H,2-15H2,1H3,(H,20,21)(H,22,23). The molecule has 3 N–H and O–H groups in total. The highest BCUT2D eigenvalue weighted by Crippen LogP contribution is 2.11. The van der Waals surface area contributed by atoms with Crippen LogP contribution in [0.25, 0.3) is 0 Å². The van der Waals surface area contributed by atoms with Crippen molar-refractivity contribution in [1.29, 1.82) is 0 Å². The number of carboxylic acid groups (broad SMARTS) is 2. The lowest BCUT2D eigenvalue weighted by Gasteiger charge is -2.13. The van der Waals surface area contributed by atoms with E-state index in [1.807, 2.05) is 0 Å². The number of hydrogen-bond acceptors (Lipinski definition) is 3. The van der Waals surface area contributed by atoms with Crippen LogP contribution in [0.1, 0.15) is 90.4 Å². The van der Waals surface area contributed by atoms with Gasteiger partial charge in [-0.25, -0.2) is 0 Å². The third-order valence-corrected chi connectivity index (χ3v) is 4.12. The highest BCUT2D eigenvalue weighted by molar-refractivity contribution is 5.75. The van der Waals surface area contributed by atoms with Gasteiger partial charge in [0.1, 0.15) is 6.04 Å². The lowest BCUT2D eigenvalue weighted by atomic mass is 10.1. The molecule has 0 rings (SSSR count). The molecule has 5 heteroatoms. The number of nitrogens with one attached hydrogen (secondary N) is 1. The Hall–Kier alpha value is -1.10. The minimum Gasteiger partial charge on any atom is -0.481 e.